The number of carbonyl (C=O) groups excluding carboxylic acids is 2. The van der Waals surface area contributed by atoms with Crippen LogP contribution in [0.5, 0.6) is 5.75 Å². The summed E-state index contributed by atoms with van der Waals surface area (Å²) in [4.78, 5) is 23.6. The highest BCUT2D eigenvalue weighted by Gasteiger charge is 2.18. The number of benzene rings is 2. The van der Waals surface area contributed by atoms with E-state index in [-0.39, 0.29) is 24.7 Å². The standard InChI is InChI=1S/C22H28N2O5S/c1-17-7-4-10-21(15-17)29-14-12-23-22(26)11-6-13-24(30(3,27)28)20-9-5-8-19(16-20)18(2)25/h4-5,7-10,15-16H,6,11-14H2,1-3H3,(H,23,26). The molecule has 0 atom stereocenters. The highest BCUT2D eigenvalue weighted by atomic mass is 32.2. The van der Waals surface area contributed by atoms with Crippen LogP contribution >= 0.6 is 0 Å². The highest BCUT2D eigenvalue weighted by molar-refractivity contribution is 7.92. The largest absolute Gasteiger partial charge is 0.492 e. The van der Waals surface area contributed by atoms with Crippen molar-refractivity contribution >= 4 is 27.4 Å². The van der Waals surface area contributed by atoms with Crippen LogP contribution in [0.3, 0.4) is 0 Å². The topological polar surface area (TPSA) is 92.8 Å². The molecule has 2 aromatic carbocycles. The van der Waals surface area contributed by atoms with Gasteiger partial charge in [0.25, 0.3) is 0 Å². The maximum Gasteiger partial charge on any atom is 0.232 e. The maximum absolute atomic E-state index is 12.2. The van der Waals surface area contributed by atoms with Gasteiger partial charge < -0.3 is 10.1 Å². The molecule has 0 aromatic heterocycles. The highest BCUT2D eigenvalue weighted by Crippen LogP contribution is 2.20. The van der Waals surface area contributed by atoms with Gasteiger partial charge in [0.2, 0.25) is 15.9 Å². The summed E-state index contributed by atoms with van der Waals surface area (Å²) in [6.07, 6.45) is 1.64. The molecule has 0 aliphatic carbocycles. The van der Waals surface area contributed by atoms with Gasteiger partial charge in [-0.3, -0.25) is 13.9 Å². The Bertz CT molecular complexity index is 989. The van der Waals surface area contributed by atoms with E-state index in [1.807, 2.05) is 31.2 Å². The van der Waals surface area contributed by atoms with Crippen LogP contribution < -0.4 is 14.4 Å². The Balaban J connectivity index is 1.81. The molecule has 0 saturated heterocycles. The molecule has 162 valence electrons. The third-order valence-electron chi connectivity index (χ3n) is 4.39. The Labute approximate surface area is 178 Å². The van der Waals surface area contributed by atoms with Crippen molar-refractivity contribution in [3.05, 3.63) is 59.7 Å². The number of amides is 1. The predicted molar refractivity (Wildman–Crippen MR) is 118 cm³/mol. The minimum atomic E-state index is -3.54. The van der Waals surface area contributed by atoms with Gasteiger partial charge in [-0.25, -0.2) is 8.42 Å². The number of hydrogen-bond donors (Lipinski definition) is 1. The first-order chi connectivity index (χ1) is 14.2. The smallest absolute Gasteiger partial charge is 0.232 e. The van der Waals surface area contributed by atoms with Crippen molar-refractivity contribution in [1.82, 2.24) is 5.32 Å². The summed E-state index contributed by atoms with van der Waals surface area (Å²) in [5, 5.41) is 2.77. The van der Waals surface area contributed by atoms with Crippen molar-refractivity contribution in [2.24, 2.45) is 0 Å². The minimum absolute atomic E-state index is 0.141. The third-order valence-corrected chi connectivity index (χ3v) is 5.58. The zero-order chi connectivity index (χ0) is 22.1. The van der Waals surface area contributed by atoms with Crippen LogP contribution in [0, 0.1) is 6.92 Å². The quantitative estimate of drug-likeness (QED) is 0.435. The minimum Gasteiger partial charge on any atom is -0.492 e. The summed E-state index contributed by atoms with van der Waals surface area (Å²) >= 11 is 0. The van der Waals surface area contributed by atoms with E-state index >= 15 is 0 Å². The first kappa shape index (κ1) is 23.4. The van der Waals surface area contributed by atoms with Crippen LogP contribution in [0.15, 0.2) is 48.5 Å². The van der Waals surface area contributed by atoms with E-state index < -0.39 is 10.0 Å². The number of sulfonamides is 1. The summed E-state index contributed by atoms with van der Waals surface area (Å²) in [5.74, 6) is 0.437. The van der Waals surface area contributed by atoms with E-state index in [0.717, 1.165) is 17.6 Å². The van der Waals surface area contributed by atoms with Gasteiger partial charge in [-0.2, -0.15) is 0 Å². The van der Waals surface area contributed by atoms with Gasteiger partial charge in [-0.1, -0.05) is 24.3 Å². The normalized spacial score (nSPS) is 11.0. The molecule has 0 unspecified atom stereocenters. The van der Waals surface area contributed by atoms with E-state index in [4.69, 9.17) is 4.74 Å². The average Bonchev–Trinajstić information content (AvgIpc) is 2.68. The summed E-state index contributed by atoms with van der Waals surface area (Å²) in [5.41, 5.74) is 1.95. The lowest BCUT2D eigenvalue weighted by Crippen LogP contribution is -2.33. The fourth-order valence-corrected chi connectivity index (χ4v) is 3.86. The molecule has 0 radical (unpaired) electrons. The van der Waals surface area contributed by atoms with Gasteiger partial charge in [0.15, 0.2) is 5.78 Å². The molecule has 2 rings (SSSR count). The lowest BCUT2D eigenvalue weighted by atomic mass is 10.1. The van der Waals surface area contributed by atoms with Gasteiger partial charge in [-0.15, -0.1) is 0 Å². The summed E-state index contributed by atoms with van der Waals surface area (Å²) in [7, 11) is -3.54. The van der Waals surface area contributed by atoms with E-state index in [1.54, 1.807) is 24.3 Å². The van der Waals surface area contributed by atoms with Gasteiger partial charge in [0, 0.05) is 18.5 Å². The molecule has 2 aromatic rings. The summed E-state index contributed by atoms with van der Waals surface area (Å²) in [6.45, 7) is 4.26. The van der Waals surface area contributed by atoms with Crippen molar-refractivity contribution in [2.75, 3.05) is 30.3 Å². The van der Waals surface area contributed by atoms with Crippen LogP contribution in [-0.2, 0) is 14.8 Å². The Morgan fingerprint density at radius 2 is 1.83 bits per heavy atom. The number of ether oxygens (including phenoxy) is 1. The van der Waals surface area contributed by atoms with E-state index in [9.17, 15) is 18.0 Å². The van der Waals surface area contributed by atoms with Crippen molar-refractivity contribution < 1.29 is 22.7 Å². The fourth-order valence-electron chi connectivity index (χ4n) is 2.90. The predicted octanol–water partition coefficient (Wildman–Crippen LogP) is 2.94. The molecule has 8 heteroatoms. The van der Waals surface area contributed by atoms with Crippen LogP contribution in [0.1, 0.15) is 35.7 Å². The monoisotopic (exact) mass is 432 g/mol. The molecule has 1 amide bonds. The first-order valence-electron chi connectivity index (χ1n) is 9.71. The van der Waals surface area contributed by atoms with E-state index in [1.165, 1.54) is 11.2 Å². The molecule has 0 aliphatic heterocycles. The number of nitrogens with zero attached hydrogens (tertiary/aromatic N) is 1. The number of anilines is 1. The Kier molecular flexibility index (Phi) is 8.41. The zero-order valence-corrected chi connectivity index (χ0v) is 18.4. The van der Waals surface area contributed by atoms with Crippen LogP contribution in [0.4, 0.5) is 5.69 Å². The van der Waals surface area contributed by atoms with Crippen LogP contribution in [0.25, 0.3) is 0 Å². The first-order valence-corrected chi connectivity index (χ1v) is 11.6. The Hall–Kier alpha value is -2.87. The van der Waals surface area contributed by atoms with Crippen molar-refractivity contribution in [2.45, 2.75) is 26.7 Å². The molecule has 0 fully saturated rings. The summed E-state index contributed by atoms with van der Waals surface area (Å²) in [6, 6.07) is 14.1. The second-order valence-corrected chi connectivity index (χ2v) is 8.97. The SMILES string of the molecule is CC(=O)c1cccc(N(CCCC(=O)NCCOc2cccc(C)c2)S(C)(=O)=O)c1. The lowest BCUT2D eigenvalue weighted by Gasteiger charge is -2.22. The second-order valence-electron chi connectivity index (χ2n) is 7.06. The molecule has 7 nitrogen and oxygen atoms in total. The molecule has 0 aliphatic rings. The molecular weight excluding hydrogens is 404 g/mol. The number of aryl methyl sites for hydroxylation is 1. The Morgan fingerprint density at radius 1 is 1.10 bits per heavy atom. The molecule has 1 N–H and O–H groups in total. The molecular formula is C22H28N2O5S. The maximum atomic E-state index is 12.2. The lowest BCUT2D eigenvalue weighted by molar-refractivity contribution is -0.121. The fraction of sp³-hybridized carbons (Fsp3) is 0.364. The molecule has 30 heavy (non-hydrogen) atoms. The van der Waals surface area contributed by atoms with E-state index in [2.05, 4.69) is 5.32 Å². The van der Waals surface area contributed by atoms with Gasteiger partial charge in [-0.05, 0) is 50.1 Å². The van der Waals surface area contributed by atoms with Gasteiger partial charge >= 0.3 is 0 Å². The molecule has 0 spiro atoms. The van der Waals surface area contributed by atoms with Crippen LogP contribution in [0.2, 0.25) is 0 Å². The number of ketones is 1. The number of nitrogens with one attached hydrogen (secondary N) is 1. The Morgan fingerprint density at radius 3 is 2.50 bits per heavy atom. The van der Waals surface area contributed by atoms with Crippen molar-refractivity contribution in [1.29, 1.82) is 0 Å². The summed E-state index contributed by atoms with van der Waals surface area (Å²) < 4.78 is 31.2. The van der Waals surface area contributed by atoms with Gasteiger partial charge in [0.05, 0.1) is 18.5 Å². The van der Waals surface area contributed by atoms with E-state index in [0.29, 0.717) is 30.8 Å². The van der Waals surface area contributed by atoms with Crippen molar-refractivity contribution in [3.63, 3.8) is 0 Å². The zero-order valence-electron chi connectivity index (χ0n) is 17.6. The number of hydrogen-bond acceptors (Lipinski definition) is 5. The second kappa shape index (κ2) is 10.8. The van der Waals surface area contributed by atoms with Crippen molar-refractivity contribution in [3.8, 4) is 5.75 Å². The average molecular weight is 433 g/mol. The molecule has 0 heterocycles. The number of carbonyl (C=O) groups is 2. The number of Topliss-reactive ketones (excluding diaryl/α,β-unsaturated/α-hetero) is 1. The third kappa shape index (κ3) is 7.51. The molecule has 0 saturated carbocycles. The van der Waals surface area contributed by atoms with Gasteiger partial charge in [0.1, 0.15) is 12.4 Å². The molecule has 0 bridgehead atoms. The van der Waals surface area contributed by atoms with Crippen LogP contribution in [-0.4, -0.2) is 46.1 Å². The number of rotatable bonds is 11.